The number of methoxy groups -OCH3 is 1. The van der Waals surface area contributed by atoms with Crippen molar-refractivity contribution in [3.63, 3.8) is 0 Å². The Kier molecular flexibility index (Phi) is 0.943. The van der Waals surface area contributed by atoms with Crippen LogP contribution < -0.4 is 5.73 Å². The molecule has 3 nitrogen and oxygen atoms in total. The average Bonchev–Trinajstić information content (AvgIpc) is 2.24. The molecular weight excluding hydrogens is 154 g/mol. The van der Waals surface area contributed by atoms with Crippen LogP contribution in [0.2, 0.25) is 0 Å². The second kappa shape index (κ2) is 3.26. The van der Waals surface area contributed by atoms with Crippen LogP contribution in [0.3, 0.4) is 0 Å². The number of anilines is 1. The summed E-state index contributed by atoms with van der Waals surface area (Å²) in [7, 11) is 1.05. The maximum Gasteiger partial charge on any atom is 0.337 e. The van der Waals surface area contributed by atoms with Gasteiger partial charge in [0, 0.05) is 9.80 Å². The topological polar surface area (TPSA) is 52.3 Å². The molecule has 0 saturated heterocycles. The van der Waals surface area contributed by atoms with E-state index in [-0.39, 0.29) is 0 Å². The SMILES string of the molecule is [2H]c1c([2H])c(C([2H])([2H])[2H])c(N)c([2H])c1C(=O)OC. The van der Waals surface area contributed by atoms with Gasteiger partial charge in [-0.15, -0.1) is 0 Å². The smallest absolute Gasteiger partial charge is 0.337 e. The molecule has 0 aromatic heterocycles. The van der Waals surface area contributed by atoms with E-state index in [0.29, 0.717) is 0 Å². The first kappa shape index (κ1) is 3.47. The molecule has 0 atom stereocenters. The zero-order valence-corrected chi connectivity index (χ0v) is 6.39. The number of nitrogens with two attached hydrogens (primary N) is 1. The average molecular weight is 171 g/mol. The van der Waals surface area contributed by atoms with E-state index in [1.54, 1.807) is 0 Å². The third-order valence-electron chi connectivity index (χ3n) is 1.23. The number of nitrogen functional groups attached to an aromatic ring is 1. The van der Waals surface area contributed by atoms with Crippen LogP contribution >= 0.6 is 0 Å². The normalized spacial score (nSPS) is 17.8. The van der Waals surface area contributed by atoms with Crippen LogP contribution in [0.4, 0.5) is 5.69 Å². The van der Waals surface area contributed by atoms with E-state index in [0.717, 1.165) is 7.11 Å². The van der Waals surface area contributed by atoms with Gasteiger partial charge < -0.3 is 10.5 Å². The van der Waals surface area contributed by atoms with Gasteiger partial charge in [0.2, 0.25) is 0 Å². The standard InChI is InChI=1S/C9H11NO2/c1-6-3-4-7(5-8(6)10)9(11)12-2/h3-5H,10H2,1-2H3/i1D3,3D,4D,5D. The number of benzene rings is 1. The maximum atomic E-state index is 11.4. The molecule has 1 aromatic rings. The molecule has 0 saturated carbocycles. The number of hydrogen-bond donors (Lipinski definition) is 1. The molecule has 0 bridgehead atoms. The number of hydrogen-bond acceptors (Lipinski definition) is 3. The lowest BCUT2D eigenvalue weighted by Gasteiger charge is -2.02. The molecule has 0 radical (unpaired) electrons. The summed E-state index contributed by atoms with van der Waals surface area (Å²) in [5.74, 6) is -0.998. The first-order valence-corrected chi connectivity index (χ1v) is 3.11. The summed E-state index contributed by atoms with van der Waals surface area (Å²) in [4.78, 5) is 11.4. The van der Waals surface area contributed by atoms with Gasteiger partial charge in [0.05, 0.1) is 16.8 Å². The van der Waals surface area contributed by atoms with E-state index in [1.807, 2.05) is 0 Å². The molecule has 0 spiro atoms. The van der Waals surface area contributed by atoms with Crippen molar-refractivity contribution < 1.29 is 17.8 Å². The zero-order valence-electron chi connectivity index (χ0n) is 12.4. The zero-order chi connectivity index (χ0) is 14.2. The van der Waals surface area contributed by atoms with E-state index in [9.17, 15) is 4.79 Å². The van der Waals surface area contributed by atoms with Gasteiger partial charge >= 0.3 is 5.97 Å². The van der Waals surface area contributed by atoms with Gasteiger partial charge in [-0.2, -0.15) is 0 Å². The van der Waals surface area contributed by atoms with Gasteiger partial charge in [-0.1, -0.05) is 6.04 Å². The fourth-order valence-electron chi connectivity index (χ4n) is 0.625. The summed E-state index contributed by atoms with van der Waals surface area (Å²) in [6.45, 7) is -2.72. The molecule has 1 rings (SSSR count). The molecule has 0 heterocycles. The molecule has 0 aliphatic carbocycles. The highest BCUT2D eigenvalue weighted by molar-refractivity contribution is 5.90. The van der Waals surface area contributed by atoms with Gasteiger partial charge in [0.15, 0.2) is 0 Å². The molecule has 0 amide bonds. The van der Waals surface area contributed by atoms with Crippen molar-refractivity contribution in [3.8, 4) is 0 Å². The quantitative estimate of drug-likeness (QED) is 0.512. The summed E-state index contributed by atoms with van der Waals surface area (Å²) in [5, 5.41) is 0. The monoisotopic (exact) mass is 171 g/mol. The molecular formula is C9H11NO2. The minimum Gasteiger partial charge on any atom is -0.465 e. The van der Waals surface area contributed by atoms with Gasteiger partial charge in [0.25, 0.3) is 0 Å². The van der Waals surface area contributed by atoms with Crippen LogP contribution in [0.15, 0.2) is 18.1 Å². The number of ether oxygens (including phenoxy) is 1. The van der Waals surface area contributed by atoms with Crippen LogP contribution in [0.1, 0.15) is 24.1 Å². The highest BCUT2D eigenvalue weighted by atomic mass is 16.5. The molecule has 3 heteroatoms. The molecule has 0 unspecified atom stereocenters. The fraction of sp³-hybridized carbons (Fsp3) is 0.222. The number of rotatable bonds is 1. The summed E-state index contributed by atoms with van der Waals surface area (Å²) < 4.78 is 48.8. The number of carbonyl (C=O) groups is 1. The molecule has 64 valence electrons. The van der Waals surface area contributed by atoms with E-state index in [4.69, 9.17) is 14.0 Å². The first-order valence-electron chi connectivity index (χ1n) is 6.11. The summed E-state index contributed by atoms with van der Waals surface area (Å²) >= 11 is 0. The Labute approximate surface area is 79.6 Å². The van der Waals surface area contributed by atoms with Crippen molar-refractivity contribution in [2.45, 2.75) is 6.85 Å². The van der Waals surface area contributed by atoms with Crippen molar-refractivity contribution in [2.75, 3.05) is 12.8 Å². The Morgan fingerprint density at radius 2 is 2.50 bits per heavy atom. The van der Waals surface area contributed by atoms with Crippen LogP contribution in [0.25, 0.3) is 0 Å². The number of esters is 1. The van der Waals surface area contributed by atoms with Crippen molar-refractivity contribution in [2.24, 2.45) is 0 Å². The Hall–Kier alpha value is -1.51. The fourth-order valence-corrected chi connectivity index (χ4v) is 0.625. The predicted molar refractivity (Wildman–Crippen MR) is 46.9 cm³/mol. The van der Waals surface area contributed by atoms with Gasteiger partial charge in [-0.25, -0.2) is 4.79 Å². The van der Waals surface area contributed by atoms with Crippen molar-refractivity contribution >= 4 is 11.7 Å². The molecule has 2 N–H and O–H groups in total. The third-order valence-corrected chi connectivity index (χ3v) is 1.23. The minimum atomic E-state index is -2.72. The summed E-state index contributed by atoms with van der Waals surface area (Å²) in [6.07, 6.45) is 0. The van der Waals surface area contributed by atoms with E-state index in [1.165, 1.54) is 0 Å². The lowest BCUT2D eigenvalue weighted by atomic mass is 10.1. The number of carbonyl (C=O) groups excluding carboxylic acids is 1. The Morgan fingerprint density at radius 3 is 3.08 bits per heavy atom. The lowest BCUT2D eigenvalue weighted by molar-refractivity contribution is 0.0601. The van der Waals surface area contributed by atoms with E-state index < -0.39 is 47.8 Å². The first-order chi connectivity index (χ1) is 8.12. The summed E-state index contributed by atoms with van der Waals surface area (Å²) in [6, 6.07) is -1.97. The lowest BCUT2D eigenvalue weighted by Crippen LogP contribution is -2.02. The van der Waals surface area contributed by atoms with Crippen molar-refractivity contribution in [3.05, 3.63) is 29.3 Å². The Bertz CT molecular complexity index is 482. The largest absolute Gasteiger partial charge is 0.465 e. The maximum absolute atomic E-state index is 11.4. The Morgan fingerprint density at radius 1 is 1.75 bits per heavy atom. The molecule has 0 fully saturated rings. The second-order valence-corrected chi connectivity index (χ2v) is 2.03. The molecule has 0 aliphatic rings. The highest BCUT2D eigenvalue weighted by Crippen LogP contribution is 2.13. The van der Waals surface area contributed by atoms with Crippen LogP contribution in [-0.4, -0.2) is 13.1 Å². The Balaban J connectivity index is 3.72. The van der Waals surface area contributed by atoms with E-state index >= 15 is 0 Å². The van der Waals surface area contributed by atoms with Crippen molar-refractivity contribution in [1.82, 2.24) is 0 Å². The van der Waals surface area contributed by atoms with Crippen LogP contribution in [0, 0.1) is 6.85 Å². The molecule has 1 aromatic carbocycles. The minimum absolute atomic E-state index is 0.503. The van der Waals surface area contributed by atoms with Crippen LogP contribution in [-0.2, 0) is 4.74 Å². The van der Waals surface area contributed by atoms with E-state index in [2.05, 4.69) is 4.74 Å². The second-order valence-electron chi connectivity index (χ2n) is 2.03. The van der Waals surface area contributed by atoms with Crippen LogP contribution in [0.5, 0.6) is 0 Å². The predicted octanol–water partition coefficient (Wildman–Crippen LogP) is 1.36. The molecule has 12 heavy (non-hydrogen) atoms. The summed E-state index contributed by atoms with van der Waals surface area (Å²) in [5.41, 5.74) is 3.87. The van der Waals surface area contributed by atoms with Gasteiger partial charge in [-0.05, 0) is 24.5 Å². The highest BCUT2D eigenvalue weighted by Gasteiger charge is 2.05. The van der Waals surface area contributed by atoms with Crippen molar-refractivity contribution in [1.29, 1.82) is 0 Å². The molecule has 0 aliphatic heterocycles. The van der Waals surface area contributed by atoms with Gasteiger partial charge in [-0.3, -0.25) is 0 Å². The van der Waals surface area contributed by atoms with Gasteiger partial charge in [0.1, 0.15) is 0 Å². The third kappa shape index (κ3) is 1.56.